The number of thioether (sulfide) groups is 1. The molecule has 120 valence electrons. The number of benzene rings is 1. The molecule has 1 aromatic carbocycles. The van der Waals surface area contributed by atoms with E-state index in [-0.39, 0.29) is 11.8 Å². The standard InChI is InChI=1S/C16H23N3O2S/c1-17-7-6-15(20)18-14-4-2-13(3-5-14)12-16(21)19-8-10-22-11-9-19/h2-5,17H,6-12H2,1H3,(H,18,20). The van der Waals surface area contributed by atoms with Gasteiger partial charge < -0.3 is 15.5 Å². The van der Waals surface area contributed by atoms with Gasteiger partial charge in [-0.2, -0.15) is 11.8 Å². The van der Waals surface area contributed by atoms with Gasteiger partial charge in [-0.3, -0.25) is 9.59 Å². The van der Waals surface area contributed by atoms with Gasteiger partial charge in [-0.25, -0.2) is 0 Å². The van der Waals surface area contributed by atoms with Crippen LogP contribution < -0.4 is 10.6 Å². The van der Waals surface area contributed by atoms with Crippen LogP contribution in [-0.4, -0.2) is 54.9 Å². The molecule has 1 saturated heterocycles. The van der Waals surface area contributed by atoms with E-state index in [0.29, 0.717) is 19.4 Å². The van der Waals surface area contributed by atoms with Gasteiger partial charge in [-0.05, 0) is 24.7 Å². The Kier molecular flexibility index (Phi) is 6.74. The topological polar surface area (TPSA) is 61.4 Å². The summed E-state index contributed by atoms with van der Waals surface area (Å²) in [6, 6.07) is 7.52. The van der Waals surface area contributed by atoms with Crippen molar-refractivity contribution < 1.29 is 9.59 Å². The average Bonchev–Trinajstić information content (AvgIpc) is 2.55. The first-order valence-corrected chi connectivity index (χ1v) is 8.73. The van der Waals surface area contributed by atoms with Gasteiger partial charge in [-0.1, -0.05) is 12.1 Å². The lowest BCUT2D eigenvalue weighted by Crippen LogP contribution is -2.38. The van der Waals surface area contributed by atoms with E-state index in [1.165, 1.54) is 0 Å². The summed E-state index contributed by atoms with van der Waals surface area (Å²) in [4.78, 5) is 25.7. The number of anilines is 1. The van der Waals surface area contributed by atoms with Crippen LogP contribution in [0.2, 0.25) is 0 Å². The molecule has 6 heteroatoms. The molecule has 1 aliphatic heterocycles. The minimum absolute atomic E-state index is 0.0102. The Balaban J connectivity index is 1.83. The summed E-state index contributed by atoms with van der Waals surface area (Å²) in [6.07, 6.45) is 0.877. The molecule has 2 amide bonds. The quantitative estimate of drug-likeness (QED) is 0.830. The zero-order valence-electron chi connectivity index (χ0n) is 12.9. The van der Waals surface area contributed by atoms with Crippen molar-refractivity contribution >= 4 is 29.3 Å². The summed E-state index contributed by atoms with van der Waals surface area (Å²) in [7, 11) is 1.82. The lowest BCUT2D eigenvalue weighted by Gasteiger charge is -2.26. The number of rotatable bonds is 6. The minimum Gasteiger partial charge on any atom is -0.341 e. The van der Waals surface area contributed by atoms with E-state index in [1.807, 2.05) is 48.0 Å². The summed E-state index contributed by atoms with van der Waals surface area (Å²) in [5, 5.41) is 5.79. The Labute approximate surface area is 135 Å². The summed E-state index contributed by atoms with van der Waals surface area (Å²) in [6.45, 7) is 2.36. The third kappa shape index (κ3) is 5.35. The predicted octanol–water partition coefficient (Wildman–Crippen LogP) is 1.35. The number of hydrogen-bond donors (Lipinski definition) is 2. The second-order valence-electron chi connectivity index (χ2n) is 5.27. The summed E-state index contributed by atoms with van der Waals surface area (Å²) in [5.74, 6) is 2.24. The number of carbonyl (C=O) groups excluding carboxylic acids is 2. The molecular weight excluding hydrogens is 298 g/mol. The van der Waals surface area contributed by atoms with Gasteiger partial charge in [0.1, 0.15) is 0 Å². The van der Waals surface area contributed by atoms with Crippen LogP contribution in [0, 0.1) is 0 Å². The zero-order valence-corrected chi connectivity index (χ0v) is 13.7. The molecule has 2 N–H and O–H groups in total. The molecule has 0 aliphatic carbocycles. The largest absolute Gasteiger partial charge is 0.341 e. The molecule has 1 heterocycles. The van der Waals surface area contributed by atoms with Crippen LogP contribution in [0.15, 0.2) is 24.3 Å². The molecular formula is C16H23N3O2S. The van der Waals surface area contributed by atoms with Gasteiger partial charge in [0.05, 0.1) is 6.42 Å². The second kappa shape index (κ2) is 8.80. The Morgan fingerprint density at radius 3 is 2.50 bits per heavy atom. The Bertz CT molecular complexity index is 499. The number of nitrogens with one attached hydrogen (secondary N) is 2. The lowest BCUT2D eigenvalue weighted by atomic mass is 10.1. The van der Waals surface area contributed by atoms with Crippen molar-refractivity contribution in [3.63, 3.8) is 0 Å². The molecule has 5 nitrogen and oxygen atoms in total. The van der Waals surface area contributed by atoms with Crippen LogP contribution in [0.5, 0.6) is 0 Å². The van der Waals surface area contributed by atoms with Crippen molar-refractivity contribution in [1.29, 1.82) is 0 Å². The maximum atomic E-state index is 12.2. The molecule has 0 aromatic heterocycles. The fraction of sp³-hybridized carbons (Fsp3) is 0.500. The maximum Gasteiger partial charge on any atom is 0.227 e. The highest BCUT2D eigenvalue weighted by atomic mass is 32.2. The van der Waals surface area contributed by atoms with Crippen molar-refractivity contribution in [1.82, 2.24) is 10.2 Å². The van der Waals surface area contributed by atoms with E-state index in [0.717, 1.165) is 35.8 Å². The van der Waals surface area contributed by atoms with Crippen molar-refractivity contribution in [2.75, 3.05) is 43.5 Å². The summed E-state index contributed by atoms with van der Waals surface area (Å²) >= 11 is 1.90. The highest BCUT2D eigenvalue weighted by Gasteiger charge is 2.16. The Hall–Kier alpha value is -1.53. The van der Waals surface area contributed by atoms with E-state index in [1.54, 1.807) is 0 Å². The van der Waals surface area contributed by atoms with Crippen LogP contribution in [0.1, 0.15) is 12.0 Å². The maximum absolute atomic E-state index is 12.2. The van der Waals surface area contributed by atoms with Gasteiger partial charge in [-0.15, -0.1) is 0 Å². The molecule has 0 atom stereocenters. The number of hydrogen-bond acceptors (Lipinski definition) is 4. The Morgan fingerprint density at radius 2 is 1.86 bits per heavy atom. The van der Waals surface area contributed by atoms with E-state index in [9.17, 15) is 9.59 Å². The lowest BCUT2D eigenvalue weighted by molar-refractivity contribution is -0.130. The van der Waals surface area contributed by atoms with Crippen LogP contribution in [0.25, 0.3) is 0 Å². The smallest absolute Gasteiger partial charge is 0.227 e. The van der Waals surface area contributed by atoms with E-state index >= 15 is 0 Å². The van der Waals surface area contributed by atoms with Gasteiger partial charge in [0.25, 0.3) is 0 Å². The van der Waals surface area contributed by atoms with Crippen LogP contribution >= 0.6 is 11.8 Å². The fourth-order valence-electron chi connectivity index (χ4n) is 2.27. The fourth-order valence-corrected chi connectivity index (χ4v) is 3.17. The molecule has 0 bridgehead atoms. The minimum atomic E-state index is -0.0102. The molecule has 2 rings (SSSR count). The van der Waals surface area contributed by atoms with Gasteiger partial charge in [0.15, 0.2) is 0 Å². The molecule has 0 saturated carbocycles. The van der Waals surface area contributed by atoms with Crippen molar-refractivity contribution in [3.05, 3.63) is 29.8 Å². The van der Waals surface area contributed by atoms with Crippen molar-refractivity contribution in [3.8, 4) is 0 Å². The first-order chi connectivity index (χ1) is 10.7. The molecule has 0 unspecified atom stereocenters. The molecule has 22 heavy (non-hydrogen) atoms. The third-order valence-corrected chi connectivity index (χ3v) is 4.50. The predicted molar refractivity (Wildman–Crippen MR) is 91.2 cm³/mol. The third-order valence-electron chi connectivity index (χ3n) is 3.56. The van der Waals surface area contributed by atoms with Gasteiger partial charge >= 0.3 is 0 Å². The molecule has 0 radical (unpaired) electrons. The number of amides is 2. The molecule has 1 fully saturated rings. The number of nitrogens with zero attached hydrogens (tertiary/aromatic N) is 1. The van der Waals surface area contributed by atoms with E-state index in [4.69, 9.17) is 0 Å². The average molecular weight is 321 g/mol. The summed E-state index contributed by atoms with van der Waals surface area (Å²) < 4.78 is 0. The molecule has 0 spiro atoms. The Morgan fingerprint density at radius 1 is 1.18 bits per heavy atom. The first kappa shape index (κ1) is 16.8. The van der Waals surface area contributed by atoms with Crippen LogP contribution in [0.3, 0.4) is 0 Å². The van der Waals surface area contributed by atoms with Crippen molar-refractivity contribution in [2.24, 2.45) is 0 Å². The van der Waals surface area contributed by atoms with Crippen LogP contribution in [0.4, 0.5) is 5.69 Å². The monoisotopic (exact) mass is 321 g/mol. The normalized spacial score (nSPS) is 14.7. The van der Waals surface area contributed by atoms with Crippen LogP contribution in [-0.2, 0) is 16.0 Å². The molecule has 1 aliphatic rings. The SMILES string of the molecule is CNCCC(=O)Nc1ccc(CC(=O)N2CCSCC2)cc1. The first-order valence-electron chi connectivity index (χ1n) is 7.58. The second-order valence-corrected chi connectivity index (χ2v) is 6.49. The number of carbonyl (C=O) groups is 2. The molecule has 1 aromatic rings. The van der Waals surface area contributed by atoms with Gasteiger partial charge in [0, 0.05) is 43.2 Å². The highest BCUT2D eigenvalue weighted by Crippen LogP contribution is 2.14. The van der Waals surface area contributed by atoms with Gasteiger partial charge in [0.2, 0.25) is 11.8 Å². The zero-order chi connectivity index (χ0) is 15.8. The highest BCUT2D eigenvalue weighted by molar-refractivity contribution is 7.99. The van der Waals surface area contributed by atoms with E-state index in [2.05, 4.69) is 10.6 Å². The van der Waals surface area contributed by atoms with Crippen molar-refractivity contribution in [2.45, 2.75) is 12.8 Å². The van der Waals surface area contributed by atoms with E-state index < -0.39 is 0 Å². The summed E-state index contributed by atoms with van der Waals surface area (Å²) in [5.41, 5.74) is 1.75.